The van der Waals surface area contributed by atoms with Gasteiger partial charge in [0.05, 0.1) is 11.8 Å². The van der Waals surface area contributed by atoms with Crippen LogP contribution in [0.25, 0.3) is 0 Å². The van der Waals surface area contributed by atoms with E-state index in [0.29, 0.717) is 0 Å². The number of benzene rings is 2. The third-order valence-corrected chi connectivity index (χ3v) is 5.12. The van der Waals surface area contributed by atoms with Crippen molar-refractivity contribution in [2.45, 2.75) is 32.7 Å². The average molecular weight is 319 g/mol. The van der Waals surface area contributed by atoms with Crippen LogP contribution in [0.1, 0.15) is 40.3 Å². The highest BCUT2D eigenvalue weighted by molar-refractivity contribution is 6.06. The van der Waals surface area contributed by atoms with E-state index in [2.05, 4.69) is 61.4 Å². The molecule has 0 unspecified atom stereocenters. The Kier molecular flexibility index (Phi) is 3.41. The summed E-state index contributed by atoms with van der Waals surface area (Å²) in [6, 6.07) is 14.2. The summed E-state index contributed by atoms with van der Waals surface area (Å²) in [7, 11) is 0. The fourth-order valence-electron chi connectivity index (χ4n) is 3.90. The molecule has 0 aromatic heterocycles. The molecular formula is C20H21N3O. The molecule has 2 N–H and O–H groups in total. The molecule has 4 heteroatoms. The van der Waals surface area contributed by atoms with Crippen molar-refractivity contribution in [2.75, 3.05) is 0 Å². The summed E-state index contributed by atoms with van der Waals surface area (Å²) in [6.45, 7) is 4.15. The number of nitrogens with zero attached hydrogens (tertiary/aromatic N) is 2. The SMILES string of the molecule is Cc1ccc([C@@H]2[C@@H]3CCc4ccc(C)cc4C3=NN2C(N)=O)cc1. The number of hydrazone groups is 1. The van der Waals surface area contributed by atoms with Crippen molar-refractivity contribution in [2.24, 2.45) is 16.8 Å². The van der Waals surface area contributed by atoms with Gasteiger partial charge in [0.25, 0.3) is 0 Å². The van der Waals surface area contributed by atoms with Gasteiger partial charge in [0.2, 0.25) is 0 Å². The summed E-state index contributed by atoms with van der Waals surface area (Å²) >= 11 is 0. The van der Waals surface area contributed by atoms with Gasteiger partial charge in [0, 0.05) is 11.5 Å². The Morgan fingerprint density at radius 3 is 2.54 bits per heavy atom. The number of rotatable bonds is 1. The predicted octanol–water partition coefficient (Wildman–Crippen LogP) is 3.71. The second-order valence-electron chi connectivity index (χ2n) is 6.83. The number of urea groups is 1. The van der Waals surface area contributed by atoms with Crippen molar-refractivity contribution < 1.29 is 4.79 Å². The third kappa shape index (κ3) is 2.30. The molecule has 2 aromatic rings. The fraction of sp³-hybridized carbons (Fsp3) is 0.300. The van der Waals surface area contributed by atoms with Gasteiger partial charge in [-0.3, -0.25) is 0 Å². The quantitative estimate of drug-likeness (QED) is 0.856. The molecule has 0 spiro atoms. The van der Waals surface area contributed by atoms with Gasteiger partial charge >= 0.3 is 6.03 Å². The van der Waals surface area contributed by atoms with Crippen LogP contribution in [0, 0.1) is 19.8 Å². The number of hydrogen-bond donors (Lipinski definition) is 1. The molecule has 2 aliphatic rings. The maximum Gasteiger partial charge on any atom is 0.335 e. The van der Waals surface area contributed by atoms with Crippen molar-refractivity contribution in [1.29, 1.82) is 0 Å². The minimum Gasteiger partial charge on any atom is -0.350 e. The molecule has 4 rings (SSSR count). The van der Waals surface area contributed by atoms with Crippen LogP contribution < -0.4 is 5.73 Å². The minimum atomic E-state index is -0.489. The van der Waals surface area contributed by atoms with Crippen LogP contribution in [0.3, 0.4) is 0 Å². The van der Waals surface area contributed by atoms with Gasteiger partial charge in [-0.25, -0.2) is 9.80 Å². The van der Waals surface area contributed by atoms with Crippen molar-refractivity contribution in [3.63, 3.8) is 0 Å². The van der Waals surface area contributed by atoms with Crippen molar-refractivity contribution >= 4 is 11.7 Å². The molecular weight excluding hydrogens is 298 g/mol. The van der Waals surface area contributed by atoms with E-state index in [1.807, 2.05) is 0 Å². The summed E-state index contributed by atoms with van der Waals surface area (Å²) in [5.74, 6) is 0.203. The number of hydrogen-bond acceptors (Lipinski definition) is 2. The van der Waals surface area contributed by atoms with Gasteiger partial charge in [0.1, 0.15) is 0 Å². The number of carbonyl (C=O) groups excluding carboxylic acids is 1. The van der Waals surface area contributed by atoms with Crippen LogP contribution in [0.4, 0.5) is 4.79 Å². The Bertz CT molecular complexity index is 838. The highest BCUT2D eigenvalue weighted by atomic mass is 16.2. The first-order valence-corrected chi connectivity index (χ1v) is 8.38. The second-order valence-corrected chi connectivity index (χ2v) is 6.83. The molecule has 0 saturated heterocycles. The highest BCUT2D eigenvalue weighted by Gasteiger charge is 2.43. The Morgan fingerprint density at radius 1 is 1.12 bits per heavy atom. The largest absolute Gasteiger partial charge is 0.350 e. The van der Waals surface area contributed by atoms with Crippen LogP contribution in [0.5, 0.6) is 0 Å². The van der Waals surface area contributed by atoms with E-state index < -0.39 is 6.03 Å². The van der Waals surface area contributed by atoms with Crippen LogP contribution >= 0.6 is 0 Å². The first-order chi connectivity index (χ1) is 11.5. The van der Waals surface area contributed by atoms with Gasteiger partial charge in [0.15, 0.2) is 0 Å². The molecule has 0 saturated carbocycles. The number of fused-ring (bicyclic) bond motifs is 3. The first kappa shape index (κ1) is 14.9. The smallest absolute Gasteiger partial charge is 0.335 e. The number of amides is 2. The number of aryl methyl sites for hydroxylation is 3. The zero-order valence-electron chi connectivity index (χ0n) is 14.0. The summed E-state index contributed by atoms with van der Waals surface area (Å²) < 4.78 is 0. The molecule has 0 fully saturated rings. The van der Waals surface area contributed by atoms with Crippen LogP contribution in [0.15, 0.2) is 47.6 Å². The lowest BCUT2D eigenvalue weighted by atomic mass is 9.77. The second kappa shape index (κ2) is 5.48. The molecule has 0 radical (unpaired) electrons. The van der Waals surface area contributed by atoms with Gasteiger partial charge in [-0.15, -0.1) is 0 Å². The molecule has 122 valence electrons. The van der Waals surface area contributed by atoms with Gasteiger partial charge in [-0.05, 0) is 43.9 Å². The Labute approximate surface area is 142 Å². The molecule has 1 heterocycles. The third-order valence-electron chi connectivity index (χ3n) is 5.12. The van der Waals surface area contributed by atoms with E-state index >= 15 is 0 Å². The van der Waals surface area contributed by atoms with Gasteiger partial charge in [-0.2, -0.15) is 5.10 Å². The fourth-order valence-corrected chi connectivity index (χ4v) is 3.90. The summed E-state index contributed by atoms with van der Waals surface area (Å²) in [5, 5.41) is 6.12. The average Bonchev–Trinajstić information content (AvgIpc) is 2.96. The molecule has 1 aliphatic heterocycles. The van der Waals surface area contributed by atoms with Gasteiger partial charge < -0.3 is 5.73 Å². The first-order valence-electron chi connectivity index (χ1n) is 8.38. The van der Waals surface area contributed by atoms with E-state index in [0.717, 1.165) is 24.1 Å². The lowest BCUT2D eigenvalue weighted by Gasteiger charge is -2.29. The minimum absolute atomic E-state index is 0.105. The number of primary amides is 1. The summed E-state index contributed by atoms with van der Waals surface area (Å²) in [5.41, 5.74) is 12.6. The van der Waals surface area contributed by atoms with Crippen LogP contribution in [0.2, 0.25) is 0 Å². The molecule has 2 amide bonds. The molecule has 2 aromatic carbocycles. The van der Waals surface area contributed by atoms with Crippen LogP contribution in [-0.2, 0) is 6.42 Å². The van der Waals surface area contributed by atoms with Crippen molar-refractivity contribution in [3.8, 4) is 0 Å². The zero-order valence-corrected chi connectivity index (χ0v) is 14.0. The summed E-state index contributed by atoms with van der Waals surface area (Å²) in [4.78, 5) is 12.0. The monoisotopic (exact) mass is 319 g/mol. The predicted molar refractivity (Wildman–Crippen MR) is 94.9 cm³/mol. The van der Waals surface area contributed by atoms with E-state index in [-0.39, 0.29) is 12.0 Å². The molecule has 4 nitrogen and oxygen atoms in total. The number of carbonyl (C=O) groups is 1. The Balaban J connectivity index is 1.81. The van der Waals surface area contributed by atoms with E-state index in [9.17, 15) is 4.79 Å². The standard InChI is InChI=1S/C20H21N3O/c1-12-3-7-15(8-4-12)19-16-10-9-14-6-5-13(2)11-17(14)18(16)22-23(19)20(21)24/h3-8,11,16,19H,9-10H2,1-2H3,(H2,21,24)/t16-,19-/m1/s1. The maximum atomic E-state index is 12.0. The van der Waals surface area contributed by atoms with Gasteiger partial charge in [-0.1, -0.05) is 47.5 Å². The van der Waals surface area contributed by atoms with E-state index in [1.54, 1.807) is 0 Å². The summed E-state index contributed by atoms with van der Waals surface area (Å²) in [6.07, 6.45) is 1.99. The van der Waals surface area contributed by atoms with Crippen molar-refractivity contribution in [1.82, 2.24) is 5.01 Å². The lowest BCUT2D eigenvalue weighted by Crippen LogP contribution is -2.35. The lowest BCUT2D eigenvalue weighted by molar-refractivity contribution is 0.184. The normalized spacial score (nSPS) is 21.9. The molecule has 1 aliphatic carbocycles. The van der Waals surface area contributed by atoms with Crippen LogP contribution in [-0.4, -0.2) is 16.8 Å². The Hall–Kier alpha value is -2.62. The maximum absolute atomic E-state index is 12.0. The Morgan fingerprint density at radius 2 is 1.83 bits per heavy atom. The topological polar surface area (TPSA) is 58.7 Å². The number of nitrogens with two attached hydrogens (primary N) is 1. The molecule has 24 heavy (non-hydrogen) atoms. The van der Waals surface area contributed by atoms with Crippen molar-refractivity contribution in [3.05, 3.63) is 70.3 Å². The molecule has 0 bridgehead atoms. The molecule has 2 atom stereocenters. The highest BCUT2D eigenvalue weighted by Crippen LogP contribution is 2.43. The zero-order chi connectivity index (χ0) is 16.8. The van der Waals surface area contributed by atoms with E-state index in [4.69, 9.17) is 5.73 Å². The van der Waals surface area contributed by atoms with E-state index in [1.165, 1.54) is 27.3 Å².